The Morgan fingerprint density at radius 3 is 2.74 bits per heavy atom. The lowest BCUT2D eigenvalue weighted by Gasteiger charge is -2.46. The molecule has 2 heterocycles. The van der Waals surface area contributed by atoms with Crippen LogP contribution in [-0.2, 0) is 4.79 Å². The van der Waals surface area contributed by atoms with Gasteiger partial charge < -0.3 is 20.6 Å². The third kappa shape index (κ3) is 3.00. The Morgan fingerprint density at radius 1 is 1.32 bits per heavy atom. The number of likely N-dealkylation sites (tertiary alicyclic amines) is 1. The van der Waals surface area contributed by atoms with E-state index in [1.807, 2.05) is 4.90 Å². The number of nitrogens with zero attached hydrogens (tertiary/aromatic N) is 1. The minimum absolute atomic E-state index is 0.117. The summed E-state index contributed by atoms with van der Waals surface area (Å²) in [5.74, 6) is -0.117. The summed E-state index contributed by atoms with van der Waals surface area (Å²) in [6, 6.07) is 0.581. The van der Waals surface area contributed by atoms with Crippen molar-refractivity contribution in [2.24, 2.45) is 0 Å². The maximum atomic E-state index is 12.6. The van der Waals surface area contributed by atoms with Crippen LogP contribution in [-0.4, -0.2) is 52.7 Å². The van der Waals surface area contributed by atoms with E-state index < -0.39 is 11.6 Å². The minimum atomic E-state index is -1.16. The maximum Gasteiger partial charge on any atom is 0.405 e. The van der Waals surface area contributed by atoms with Gasteiger partial charge in [-0.1, -0.05) is 0 Å². The van der Waals surface area contributed by atoms with Gasteiger partial charge in [0.1, 0.15) is 5.54 Å². The van der Waals surface area contributed by atoms with Crippen LogP contribution < -0.4 is 10.6 Å². The van der Waals surface area contributed by atoms with Gasteiger partial charge in [0, 0.05) is 18.6 Å². The number of rotatable bonds is 2. The molecule has 2 aliphatic heterocycles. The van der Waals surface area contributed by atoms with E-state index in [-0.39, 0.29) is 11.9 Å². The van der Waals surface area contributed by atoms with E-state index in [0.717, 1.165) is 38.8 Å². The van der Waals surface area contributed by atoms with Crippen LogP contribution in [0.1, 0.15) is 39.5 Å². The summed E-state index contributed by atoms with van der Waals surface area (Å²) < 4.78 is 0. The Morgan fingerprint density at radius 2 is 2.05 bits per heavy atom. The zero-order valence-electron chi connectivity index (χ0n) is 11.6. The highest BCUT2D eigenvalue weighted by Gasteiger charge is 2.41. The van der Waals surface area contributed by atoms with Crippen LogP contribution in [0.25, 0.3) is 0 Å². The number of piperidine rings is 2. The lowest BCUT2D eigenvalue weighted by Crippen LogP contribution is -2.64. The summed E-state index contributed by atoms with van der Waals surface area (Å²) >= 11 is 0. The molecule has 3 N–H and O–H groups in total. The standard InChI is InChI=1S/C13H23N3O3/c1-13(2,15-12(18)19)11(17)16-8-4-5-9-10(16)6-3-7-14-9/h9-10,14-15H,3-8H2,1-2H3,(H,18,19). The van der Waals surface area contributed by atoms with Crippen molar-refractivity contribution in [3.8, 4) is 0 Å². The summed E-state index contributed by atoms with van der Waals surface area (Å²) in [4.78, 5) is 25.2. The lowest BCUT2D eigenvalue weighted by molar-refractivity contribution is -0.142. The van der Waals surface area contributed by atoms with Gasteiger partial charge in [-0.2, -0.15) is 0 Å². The van der Waals surface area contributed by atoms with Crippen LogP contribution in [0.4, 0.5) is 4.79 Å². The first-order chi connectivity index (χ1) is 8.92. The van der Waals surface area contributed by atoms with Crippen molar-refractivity contribution in [3.63, 3.8) is 0 Å². The molecule has 19 heavy (non-hydrogen) atoms. The topological polar surface area (TPSA) is 81.7 Å². The van der Waals surface area contributed by atoms with E-state index in [1.165, 1.54) is 0 Å². The molecular formula is C13H23N3O3. The van der Waals surface area contributed by atoms with Crippen LogP contribution in [0.5, 0.6) is 0 Å². The van der Waals surface area contributed by atoms with Crippen LogP contribution >= 0.6 is 0 Å². The lowest BCUT2D eigenvalue weighted by atomic mass is 9.88. The highest BCUT2D eigenvalue weighted by Crippen LogP contribution is 2.26. The predicted molar refractivity (Wildman–Crippen MR) is 71.0 cm³/mol. The molecule has 2 fully saturated rings. The molecule has 2 aliphatic rings. The monoisotopic (exact) mass is 269 g/mol. The predicted octanol–water partition coefficient (Wildman–Crippen LogP) is 0.776. The van der Waals surface area contributed by atoms with E-state index in [0.29, 0.717) is 6.04 Å². The summed E-state index contributed by atoms with van der Waals surface area (Å²) in [6.45, 7) is 5.00. The minimum Gasteiger partial charge on any atom is -0.465 e. The molecular weight excluding hydrogens is 246 g/mol. The molecule has 2 amide bonds. The third-order valence-corrected chi connectivity index (χ3v) is 4.08. The zero-order chi connectivity index (χ0) is 14.0. The number of nitrogens with one attached hydrogen (secondary N) is 2. The van der Waals surface area contributed by atoms with E-state index in [4.69, 9.17) is 5.11 Å². The first-order valence-corrected chi connectivity index (χ1v) is 6.97. The average molecular weight is 269 g/mol. The number of hydrogen-bond donors (Lipinski definition) is 3. The second-order valence-corrected chi connectivity index (χ2v) is 5.97. The number of fused-ring (bicyclic) bond motifs is 1. The molecule has 6 heteroatoms. The second kappa shape index (κ2) is 5.36. The number of carboxylic acid groups (broad SMARTS) is 1. The quantitative estimate of drug-likeness (QED) is 0.692. The van der Waals surface area contributed by atoms with Crippen LogP contribution in [0.15, 0.2) is 0 Å². The summed E-state index contributed by atoms with van der Waals surface area (Å²) in [5.41, 5.74) is -1.06. The van der Waals surface area contributed by atoms with Gasteiger partial charge >= 0.3 is 6.09 Å². The molecule has 0 radical (unpaired) electrons. The van der Waals surface area contributed by atoms with Crippen molar-refractivity contribution >= 4 is 12.0 Å². The summed E-state index contributed by atoms with van der Waals surface area (Å²) in [5, 5.41) is 14.6. The SMILES string of the molecule is CC(C)(NC(=O)O)C(=O)N1CCCC2NCCCC21. The number of carbonyl (C=O) groups excluding carboxylic acids is 1. The molecule has 0 aliphatic carbocycles. The van der Waals surface area contributed by atoms with Gasteiger partial charge in [0.25, 0.3) is 0 Å². The van der Waals surface area contributed by atoms with E-state index in [1.54, 1.807) is 13.8 Å². The fourth-order valence-electron chi connectivity index (χ4n) is 3.18. The highest BCUT2D eigenvalue weighted by molar-refractivity contribution is 5.89. The molecule has 2 unspecified atom stereocenters. The first kappa shape index (κ1) is 14.1. The zero-order valence-corrected chi connectivity index (χ0v) is 11.6. The van der Waals surface area contributed by atoms with Crippen LogP contribution in [0.3, 0.4) is 0 Å². The van der Waals surface area contributed by atoms with Gasteiger partial charge in [-0.25, -0.2) is 4.79 Å². The molecule has 0 saturated carbocycles. The fraction of sp³-hybridized carbons (Fsp3) is 0.846. The van der Waals surface area contributed by atoms with Gasteiger partial charge in [0.2, 0.25) is 5.91 Å². The summed E-state index contributed by atoms with van der Waals surface area (Å²) in [7, 11) is 0. The van der Waals surface area contributed by atoms with Crippen molar-refractivity contribution in [2.75, 3.05) is 13.1 Å². The molecule has 0 aromatic heterocycles. The highest BCUT2D eigenvalue weighted by atomic mass is 16.4. The third-order valence-electron chi connectivity index (χ3n) is 4.08. The number of carbonyl (C=O) groups is 2. The Labute approximate surface area is 113 Å². The fourth-order valence-corrected chi connectivity index (χ4v) is 3.18. The maximum absolute atomic E-state index is 12.6. The Balaban J connectivity index is 2.10. The van der Waals surface area contributed by atoms with E-state index >= 15 is 0 Å². The van der Waals surface area contributed by atoms with Crippen molar-refractivity contribution in [2.45, 2.75) is 57.2 Å². The molecule has 6 nitrogen and oxygen atoms in total. The molecule has 2 saturated heterocycles. The normalized spacial score (nSPS) is 27.6. The van der Waals surface area contributed by atoms with Gasteiger partial charge in [0.05, 0.1) is 0 Å². The summed E-state index contributed by atoms with van der Waals surface area (Å²) in [6.07, 6.45) is 2.99. The Kier molecular flexibility index (Phi) is 3.99. The Bertz CT molecular complexity index is 368. The molecule has 0 spiro atoms. The van der Waals surface area contributed by atoms with Crippen molar-refractivity contribution in [1.29, 1.82) is 0 Å². The van der Waals surface area contributed by atoms with E-state index in [2.05, 4.69) is 10.6 Å². The van der Waals surface area contributed by atoms with E-state index in [9.17, 15) is 9.59 Å². The smallest absolute Gasteiger partial charge is 0.405 e. The van der Waals surface area contributed by atoms with Crippen molar-refractivity contribution in [3.05, 3.63) is 0 Å². The molecule has 0 aromatic carbocycles. The number of hydrogen-bond acceptors (Lipinski definition) is 3. The molecule has 0 bridgehead atoms. The molecule has 108 valence electrons. The van der Waals surface area contributed by atoms with Crippen LogP contribution in [0.2, 0.25) is 0 Å². The second-order valence-electron chi connectivity index (χ2n) is 5.97. The first-order valence-electron chi connectivity index (χ1n) is 6.97. The Hall–Kier alpha value is -1.30. The van der Waals surface area contributed by atoms with Crippen LogP contribution in [0, 0.1) is 0 Å². The molecule has 0 aromatic rings. The van der Waals surface area contributed by atoms with Gasteiger partial charge in [-0.05, 0) is 46.1 Å². The van der Waals surface area contributed by atoms with Gasteiger partial charge in [0.15, 0.2) is 0 Å². The molecule has 2 atom stereocenters. The van der Waals surface area contributed by atoms with Gasteiger partial charge in [-0.15, -0.1) is 0 Å². The van der Waals surface area contributed by atoms with Crippen molar-refractivity contribution in [1.82, 2.24) is 15.5 Å². The van der Waals surface area contributed by atoms with Crippen molar-refractivity contribution < 1.29 is 14.7 Å². The average Bonchev–Trinajstić information content (AvgIpc) is 2.35. The number of amides is 2. The molecule has 2 rings (SSSR count). The van der Waals surface area contributed by atoms with Gasteiger partial charge in [-0.3, -0.25) is 4.79 Å². The largest absolute Gasteiger partial charge is 0.465 e.